The molecule has 0 aliphatic carbocycles. The lowest BCUT2D eigenvalue weighted by Crippen LogP contribution is -2.05. The third-order valence-electron chi connectivity index (χ3n) is 4.95. The molecule has 0 spiro atoms. The summed E-state index contributed by atoms with van der Waals surface area (Å²) in [6.45, 7) is 2.38. The predicted molar refractivity (Wildman–Crippen MR) is 128 cm³/mol. The van der Waals surface area contributed by atoms with Crippen LogP contribution in [0.25, 0.3) is 0 Å². The molecule has 3 nitrogen and oxygen atoms in total. The van der Waals surface area contributed by atoms with E-state index in [0.29, 0.717) is 0 Å². The molecular weight excluding hydrogens is 366 g/mol. The van der Waals surface area contributed by atoms with E-state index in [2.05, 4.69) is 107 Å². The Balaban J connectivity index is 1.48. The van der Waals surface area contributed by atoms with Crippen molar-refractivity contribution in [2.75, 3.05) is 16.0 Å². The molecule has 0 bridgehead atoms. The van der Waals surface area contributed by atoms with Crippen molar-refractivity contribution in [1.82, 2.24) is 0 Å². The summed E-state index contributed by atoms with van der Waals surface area (Å²) in [7, 11) is 0. The number of hydrogen-bond acceptors (Lipinski definition) is 3. The van der Waals surface area contributed by atoms with Crippen LogP contribution < -0.4 is 16.0 Å². The zero-order chi connectivity index (χ0) is 20.4. The van der Waals surface area contributed by atoms with E-state index < -0.39 is 0 Å². The molecule has 0 atom stereocenters. The summed E-state index contributed by atoms with van der Waals surface area (Å²) in [6.07, 6.45) is 0. The molecule has 4 rings (SSSR count). The van der Waals surface area contributed by atoms with Crippen LogP contribution in [0.2, 0.25) is 0 Å². The lowest BCUT2D eigenvalue weighted by molar-refractivity contribution is 1.12. The van der Waals surface area contributed by atoms with Crippen LogP contribution in [0.15, 0.2) is 109 Å². The molecular formula is C27H27N3. The average Bonchev–Trinajstić information content (AvgIpc) is 2.82. The Bertz CT molecular complexity index is 882. The molecule has 4 aromatic carbocycles. The summed E-state index contributed by atoms with van der Waals surface area (Å²) in [6, 6.07) is 37.9. The summed E-state index contributed by atoms with van der Waals surface area (Å²) < 4.78 is 0. The Morgan fingerprint density at radius 2 is 0.633 bits per heavy atom. The van der Waals surface area contributed by atoms with Crippen LogP contribution in [-0.2, 0) is 19.6 Å². The molecule has 3 N–H and O–H groups in total. The topological polar surface area (TPSA) is 36.1 Å². The summed E-state index contributed by atoms with van der Waals surface area (Å²) >= 11 is 0. The minimum absolute atomic E-state index is 0.793. The molecule has 0 amide bonds. The summed E-state index contributed by atoms with van der Waals surface area (Å²) in [5, 5.41) is 10.7. The summed E-state index contributed by atoms with van der Waals surface area (Å²) in [5.74, 6) is 0. The number of anilines is 3. The van der Waals surface area contributed by atoms with Crippen molar-refractivity contribution in [3.05, 3.63) is 126 Å². The van der Waals surface area contributed by atoms with Crippen molar-refractivity contribution < 1.29 is 0 Å². The van der Waals surface area contributed by atoms with Crippen molar-refractivity contribution in [1.29, 1.82) is 0 Å². The standard InChI is InChI=1S/C27H27N3/c1-4-10-22(11-5-1)19-28-25-16-26(29-20-23-12-6-2-7-13-23)18-27(17-25)30-21-24-14-8-3-9-15-24/h1-18,28-30H,19-21H2. The second-order valence-electron chi connectivity index (χ2n) is 7.32. The molecule has 0 radical (unpaired) electrons. The van der Waals surface area contributed by atoms with Crippen LogP contribution in [0.5, 0.6) is 0 Å². The lowest BCUT2D eigenvalue weighted by Gasteiger charge is -2.15. The number of rotatable bonds is 9. The molecule has 3 heteroatoms. The second-order valence-corrected chi connectivity index (χ2v) is 7.32. The fraction of sp³-hybridized carbons (Fsp3) is 0.111. The van der Waals surface area contributed by atoms with E-state index in [1.165, 1.54) is 16.7 Å². The van der Waals surface area contributed by atoms with Crippen LogP contribution >= 0.6 is 0 Å². The molecule has 0 saturated carbocycles. The maximum atomic E-state index is 3.56. The first-order valence-electron chi connectivity index (χ1n) is 10.3. The van der Waals surface area contributed by atoms with Crippen LogP contribution in [0.4, 0.5) is 17.1 Å². The van der Waals surface area contributed by atoms with Gasteiger partial charge in [0.2, 0.25) is 0 Å². The summed E-state index contributed by atoms with van der Waals surface area (Å²) in [4.78, 5) is 0. The predicted octanol–water partition coefficient (Wildman–Crippen LogP) is 6.52. The van der Waals surface area contributed by atoms with Crippen molar-refractivity contribution in [3.63, 3.8) is 0 Å². The van der Waals surface area contributed by atoms with E-state index >= 15 is 0 Å². The third-order valence-corrected chi connectivity index (χ3v) is 4.95. The first kappa shape index (κ1) is 19.6. The molecule has 0 aliphatic rings. The van der Waals surface area contributed by atoms with E-state index in [0.717, 1.165) is 36.7 Å². The molecule has 0 saturated heterocycles. The van der Waals surface area contributed by atoms with E-state index in [9.17, 15) is 0 Å². The first-order valence-corrected chi connectivity index (χ1v) is 10.3. The van der Waals surface area contributed by atoms with Gasteiger partial charge in [0, 0.05) is 36.7 Å². The maximum absolute atomic E-state index is 3.56. The van der Waals surface area contributed by atoms with Crippen LogP contribution in [0, 0.1) is 0 Å². The van der Waals surface area contributed by atoms with E-state index in [1.807, 2.05) is 18.2 Å². The molecule has 0 fully saturated rings. The molecule has 0 aromatic heterocycles. The highest BCUT2D eigenvalue weighted by atomic mass is 14.9. The van der Waals surface area contributed by atoms with Gasteiger partial charge in [-0.2, -0.15) is 0 Å². The third kappa shape index (κ3) is 5.89. The van der Waals surface area contributed by atoms with Crippen molar-refractivity contribution in [2.45, 2.75) is 19.6 Å². The SMILES string of the molecule is c1ccc(CNc2cc(NCc3ccccc3)cc(NCc3ccccc3)c2)cc1. The zero-order valence-electron chi connectivity index (χ0n) is 17.0. The highest BCUT2D eigenvalue weighted by Gasteiger charge is 2.03. The van der Waals surface area contributed by atoms with Gasteiger partial charge in [-0.3, -0.25) is 0 Å². The van der Waals surface area contributed by atoms with E-state index in [1.54, 1.807) is 0 Å². The smallest absolute Gasteiger partial charge is 0.0400 e. The van der Waals surface area contributed by atoms with Gasteiger partial charge >= 0.3 is 0 Å². The fourth-order valence-electron chi connectivity index (χ4n) is 3.33. The Morgan fingerprint density at radius 1 is 0.367 bits per heavy atom. The molecule has 0 unspecified atom stereocenters. The number of nitrogens with one attached hydrogen (secondary N) is 3. The van der Waals surface area contributed by atoms with Gasteiger partial charge < -0.3 is 16.0 Å². The van der Waals surface area contributed by atoms with E-state index in [4.69, 9.17) is 0 Å². The van der Waals surface area contributed by atoms with Gasteiger partial charge in [0.15, 0.2) is 0 Å². The average molecular weight is 394 g/mol. The lowest BCUT2D eigenvalue weighted by atomic mass is 10.1. The minimum atomic E-state index is 0.793. The Kier molecular flexibility index (Phi) is 6.64. The molecule has 0 heterocycles. The fourth-order valence-corrected chi connectivity index (χ4v) is 3.33. The highest BCUT2D eigenvalue weighted by molar-refractivity contribution is 5.67. The van der Waals surface area contributed by atoms with Gasteiger partial charge in [-0.1, -0.05) is 91.0 Å². The van der Waals surface area contributed by atoms with Gasteiger partial charge in [0.1, 0.15) is 0 Å². The van der Waals surface area contributed by atoms with E-state index in [-0.39, 0.29) is 0 Å². The van der Waals surface area contributed by atoms with Gasteiger partial charge in [-0.15, -0.1) is 0 Å². The van der Waals surface area contributed by atoms with Crippen molar-refractivity contribution in [3.8, 4) is 0 Å². The van der Waals surface area contributed by atoms with Crippen LogP contribution in [0.3, 0.4) is 0 Å². The Hall–Kier alpha value is -3.72. The number of hydrogen-bond donors (Lipinski definition) is 3. The monoisotopic (exact) mass is 393 g/mol. The van der Waals surface area contributed by atoms with Crippen LogP contribution in [0.1, 0.15) is 16.7 Å². The minimum Gasteiger partial charge on any atom is -0.381 e. The second kappa shape index (κ2) is 10.2. The Labute approximate surface area is 178 Å². The zero-order valence-corrected chi connectivity index (χ0v) is 17.0. The summed E-state index contributed by atoms with van der Waals surface area (Å²) in [5.41, 5.74) is 7.06. The highest BCUT2D eigenvalue weighted by Crippen LogP contribution is 2.24. The van der Waals surface area contributed by atoms with Crippen molar-refractivity contribution >= 4 is 17.1 Å². The first-order chi connectivity index (χ1) is 14.8. The molecule has 30 heavy (non-hydrogen) atoms. The molecule has 4 aromatic rings. The van der Waals surface area contributed by atoms with Gasteiger partial charge in [-0.05, 0) is 34.9 Å². The van der Waals surface area contributed by atoms with Gasteiger partial charge in [0.05, 0.1) is 0 Å². The maximum Gasteiger partial charge on any atom is 0.0400 e. The molecule has 0 aliphatic heterocycles. The number of benzene rings is 4. The Morgan fingerprint density at radius 3 is 0.900 bits per heavy atom. The largest absolute Gasteiger partial charge is 0.381 e. The quantitative estimate of drug-likeness (QED) is 0.303. The van der Waals surface area contributed by atoms with Crippen molar-refractivity contribution in [2.24, 2.45) is 0 Å². The molecule has 150 valence electrons. The van der Waals surface area contributed by atoms with Gasteiger partial charge in [-0.25, -0.2) is 0 Å². The normalized spacial score (nSPS) is 10.4. The van der Waals surface area contributed by atoms with Gasteiger partial charge in [0.25, 0.3) is 0 Å². The van der Waals surface area contributed by atoms with Crippen LogP contribution in [-0.4, -0.2) is 0 Å².